The SMILES string of the molecule is CN(C)C(=O)c1ccc2cnnc(Cl)c2c1. The number of nitrogens with zero attached hydrogens (tertiary/aromatic N) is 3. The maximum Gasteiger partial charge on any atom is 0.253 e. The van der Waals surface area contributed by atoms with Crippen molar-refractivity contribution in [3.05, 3.63) is 35.1 Å². The molecule has 2 rings (SSSR count). The first-order valence-electron chi connectivity index (χ1n) is 4.72. The lowest BCUT2D eigenvalue weighted by molar-refractivity contribution is 0.0828. The molecule has 0 bridgehead atoms. The number of aromatic nitrogens is 2. The second-order valence-electron chi connectivity index (χ2n) is 3.64. The van der Waals surface area contributed by atoms with E-state index in [2.05, 4.69) is 10.2 Å². The zero-order chi connectivity index (χ0) is 11.7. The van der Waals surface area contributed by atoms with Gasteiger partial charge in [0.2, 0.25) is 0 Å². The van der Waals surface area contributed by atoms with Crippen LogP contribution in [0.3, 0.4) is 0 Å². The number of halogens is 1. The van der Waals surface area contributed by atoms with Crippen LogP contribution in [0.2, 0.25) is 5.15 Å². The monoisotopic (exact) mass is 235 g/mol. The highest BCUT2D eigenvalue weighted by molar-refractivity contribution is 6.34. The highest BCUT2D eigenvalue weighted by Crippen LogP contribution is 2.21. The van der Waals surface area contributed by atoms with Gasteiger partial charge in [0.15, 0.2) is 5.15 Å². The van der Waals surface area contributed by atoms with E-state index >= 15 is 0 Å². The molecule has 0 aliphatic heterocycles. The van der Waals surface area contributed by atoms with E-state index < -0.39 is 0 Å². The fourth-order valence-corrected chi connectivity index (χ4v) is 1.64. The van der Waals surface area contributed by atoms with Gasteiger partial charge < -0.3 is 4.90 Å². The van der Waals surface area contributed by atoms with Crippen molar-refractivity contribution in [3.63, 3.8) is 0 Å². The first-order valence-corrected chi connectivity index (χ1v) is 5.10. The maximum absolute atomic E-state index is 11.7. The Morgan fingerprint density at radius 1 is 1.38 bits per heavy atom. The molecular formula is C11H10ClN3O. The minimum absolute atomic E-state index is 0.0604. The van der Waals surface area contributed by atoms with Crippen LogP contribution in [0.25, 0.3) is 10.8 Å². The van der Waals surface area contributed by atoms with Crippen molar-refractivity contribution in [1.29, 1.82) is 0 Å². The number of carbonyl (C=O) groups excluding carboxylic acids is 1. The summed E-state index contributed by atoms with van der Waals surface area (Å²) < 4.78 is 0. The van der Waals surface area contributed by atoms with E-state index in [9.17, 15) is 4.79 Å². The molecule has 4 nitrogen and oxygen atoms in total. The van der Waals surface area contributed by atoms with Gasteiger partial charge in [-0.3, -0.25) is 4.79 Å². The van der Waals surface area contributed by atoms with E-state index in [0.717, 1.165) is 10.8 Å². The number of amides is 1. The topological polar surface area (TPSA) is 46.1 Å². The van der Waals surface area contributed by atoms with Gasteiger partial charge >= 0.3 is 0 Å². The van der Waals surface area contributed by atoms with Crippen molar-refractivity contribution < 1.29 is 4.79 Å². The second-order valence-corrected chi connectivity index (χ2v) is 4.00. The maximum atomic E-state index is 11.7. The molecule has 0 unspecified atom stereocenters. The largest absolute Gasteiger partial charge is 0.345 e. The van der Waals surface area contributed by atoms with Crippen LogP contribution in [0, 0.1) is 0 Å². The molecule has 0 N–H and O–H groups in total. The minimum atomic E-state index is -0.0604. The quantitative estimate of drug-likeness (QED) is 0.759. The van der Waals surface area contributed by atoms with Gasteiger partial charge in [0.1, 0.15) is 0 Å². The fourth-order valence-electron chi connectivity index (χ4n) is 1.43. The molecule has 0 fully saturated rings. The lowest BCUT2D eigenvalue weighted by Gasteiger charge is -2.10. The molecule has 16 heavy (non-hydrogen) atoms. The number of hydrogen-bond donors (Lipinski definition) is 0. The van der Waals surface area contributed by atoms with Crippen molar-refractivity contribution in [1.82, 2.24) is 15.1 Å². The number of carbonyl (C=O) groups is 1. The van der Waals surface area contributed by atoms with E-state index in [1.54, 1.807) is 32.4 Å². The lowest BCUT2D eigenvalue weighted by Crippen LogP contribution is -2.21. The van der Waals surface area contributed by atoms with Gasteiger partial charge in [-0.05, 0) is 12.1 Å². The summed E-state index contributed by atoms with van der Waals surface area (Å²) in [4.78, 5) is 13.3. The summed E-state index contributed by atoms with van der Waals surface area (Å²) in [5.41, 5.74) is 0.590. The number of rotatable bonds is 1. The van der Waals surface area contributed by atoms with Crippen molar-refractivity contribution in [2.45, 2.75) is 0 Å². The van der Waals surface area contributed by atoms with Crippen LogP contribution in [0.15, 0.2) is 24.4 Å². The second kappa shape index (κ2) is 4.06. The molecule has 1 amide bonds. The van der Waals surface area contributed by atoms with Crippen molar-refractivity contribution in [2.24, 2.45) is 0 Å². The number of hydrogen-bond acceptors (Lipinski definition) is 3. The molecule has 0 aliphatic carbocycles. The van der Waals surface area contributed by atoms with Gasteiger partial charge in [-0.15, -0.1) is 5.10 Å². The highest BCUT2D eigenvalue weighted by Gasteiger charge is 2.09. The summed E-state index contributed by atoms with van der Waals surface area (Å²) >= 11 is 5.91. The summed E-state index contributed by atoms with van der Waals surface area (Å²) in [7, 11) is 3.41. The Bertz CT molecular complexity index is 554. The first kappa shape index (κ1) is 10.8. The van der Waals surface area contributed by atoms with Crippen molar-refractivity contribution in [3.8, 4) is 0 Å². The van der Waals surface area contributed by atoms with Gasteiger partial charge in [0, 0.05) is 30.4 Å². The molecule has 5 heteroatoms. The summed E-state index contributed by atoms with van der Waals surface area (Å²) in [5.74, 6) is -0.0604. The Morgan fingerprint density at radius 3 is 2.81 bits per heavy atom. The van der Waals surface area contributed by atoms with Crippen LogP contribution in [0.1, 0.15) is 10.4 Å². The summed E-state index contributed by atoms with van der Waals surface area (Å²) in [6.07, 6.45) is 1.62. The molecule has 1 heterocycles. The summed E-state index contributed by atoms with van der Waals surface area (Å²) in [6.45, 7) is 0. The van der Waals surface area contributed by atoms with Crippen LogP contribution in [-0.2, 0) is 0 Å². The van der Waals surface area contributed by atoms with Crippen LogP contribution in [0.5, 0.6) is 0 Å². The van der Waals surface area contributed by atoms with E-state index in [1.807, 2.05) is 6.07 Å². The fraction of sp³-hybridized carbons (Fsp3) is 0.182. The predicted octanol–water partition coefficient (Wildman–Crippen LogP) is 1.98. The smallest absolute Gasteiger partial charge is 0.253 e. The van der Waals surface area contributed by atoms with E-state index in [4.69, 9.17) is 11.6 Å². The molecule has 0 saturated heterocycles. The molecule has 0 saturated carbocycles. The van der Waals surface area contributed by atoms with E-state index in [-0.39, 0.29) is 5.91 Å². The van der Waals surface area contributed by atoms with Crippen LogP contribution in [0.4, 0.5) is 0 Å². The van der Waals surface area contributed by atoms with E-state index in [1.165, 1.54) is 4.90 Å². The first-order chi connectivity index (χ1) is 7.59. The molecule has 82 valence electrons. The molecule has 0 atom stereocenters. The molecule has 2 aromatic rings. The van der Waals surface area contributed by atoms with Gasteiger partial charge in [0.25, 0.3) is 5.91 Å². The van der Waals surface area contributed by atoms with Crippen LogP contribution < -0.4 is 0 Å². The normalized spacial score (nSPS) is 10.4. The number of fused-ring (bicyclic) bond motifs is 1. The third-order valence-electron chi connectivity index (χ3n) is 2.27. The van der Waals surface area contributed by atoms with E-state index in [0.29, 0.717) is 10.7 Å². The Morgan fingerprint density at radius 2 is 2.12 bits per heavy atom. The average molecular weight is 236 g/mol. The molecule has 0 spiro atoms. The Balaban J connectivity index is 2.59. The third-order valence-corrected chi connectivity index (χ3v) is 2.55. The minimum Gasteiger partial charge on any atom is -0.345 e. The van der Waals surface area contributed by atoms with Gasteiger partial charge in [-0.2, -0.15) is 5.10 Å². The molecular weight excluding hydrogens is 226 g/mol. The summed E-state index contributed by atoms with van der Waals surface area (Å²) in [5, 5.41) is 9.41. The van der Waals surface area contributed by atoms with Crippen molar-refractivity contribution >= 4 is 28.3 Å². The predicted molar refractivity (Wildman–Crippen MR) is 62.6 cm³/mol. The zero-order valence-electron chi connectivity index (χ0n) is 8.94. The number of benzene rings is 1. The van der Waals surface area contributed by atoms with Gasteiger partial charge in [0.05, 0.1) is 6.20 Å². The van der Waals surface area contributed by atoms with Crippen LogP contribution in [-0.4, -0.2) is 35.1 Å². The Labute approximate surface area is 97.8 Å². The van der Waals surface area contributed by atoms with Gasteiger partial charge in [-0.25, -0.2) is 0 Å². The standard InChI is InChI=1S/C11H10ClN3O/c1-15(2)11(16)7-3-4-8-6-13-14-10(12)9(8)5-7/h3-6H,1-2H3. The van der Waals surface area contributed by atoms with Crippen molar-refractivity contribution in [2.75, 3.05) is 14.1 Å². The molecule has 1 aromatic heterocycles. The molecule has 0 radical (unpaired) electrons. The molecule has 0 aliphatic rings. The van der Waals surface area contributed by atoms with Gasteiger partial charge in [-0.1, -0.05) is 17.7 Å². The lowest BCUT2D eigenvalue weighted by atomic mass is 10.1. The Hall–Kier alpha value is -1.68. The Kier molecular flexibility index (Phi) is 2.75. The average Bonchev–Trinajstić information content (AvgIpc) is 2.28. The highest BCUT2D eigenvalue weighted by atomic mass is 35.5. The summed E-state index contributed by atoms with van der Waals surface area (Å²) in [6, 6.07) is 5.30. The molecule has 1 aromatic carbocycles. The van der Waals surface area contributed by atoms with Crippen LogP contribution >= 0.6 is 11.6 Å². The zero-order valence-corrected chi connectivity index (χ0v) is 9.69. The third kappa shape index (κ3) is 1.84.